The van der Waals surface area contributed by atoms with Crippen LogP contribution >= 0.6 is 0 Å². The van der Waals surface area contributed by atoms with Crippen molar-refractivity contribution in [3.05, 3.63) is 0 Å². The van der Waals surface area contributed by atoms with Crippen molar-refractivity contribution in [1.82, 2.24) is 5.32 Å². The molecule has 0 saturated heterocycles. The minimum atomic E-state index is 0.815. The Hall–Kier alpha value is -0.0400. The second-order valence-electron chi connectivity index (χ2n) is 6.08. The third-order valence-electron chi connectivity index (χ3n) is 4.70. The summed E-state index contributed by atoms with van der Waals surface area (Å²) in [6, 6.07) is 1.65. The molecule has 0 aromatic heterocycles. The number of nitrogens with one attached hydrogen (secondary N) is 1. The van der Waals surface area contributed by atoms with Crippen LogP contribution in [-0.4, -0.2) is 12.1 Å². The van der Waals surface area contributed by atoms with Crippen molar-refractivity contribution in [3.8, 4) is 0 Å². The molecule has 0 heterocycles. The Balaban J connectivity index is 1.67. The smallest absolute Gasteiger partial charge is 0.00698 e. The SMILES string of the molecule is CCC1CCC(NC(CC)CC2CC2)CC1. The van der Waals surface area contributed by atoms with Gasteiger partial charge in [0.25, 0.3) is 0 Å². The number of hydrogen-bond donors (Lipinski definition) is 1. The molecule has 0 spiro atoms. The van der Waals surface area contributed by atoms with E-state index in [2.05, 4.69) is 19.2 Å². The van der Waals surface area contributed by atoms with Gasteiger partial charge in [-0.3, -0.25) is 0 Å². The van der Waals surface area contributed by atoms with Crippen molar-refractivity contribution in [2.75, 3.05) is 0 Å². The molecule has 1 heteroatoms. The second kappa shape index (κ2) is 6.05. The van der Waals surface area contributed by atoms with E-state index in [9.17, 15) is 0 Å². The van der Waals surface area contributed by atoms with Gasteiger partial charge in [0.15, 0.2) is 0 Å². The fourth-order valence-corrected chi connectivity index (χ4v) is 3.18. The van der Waals surface area contributed by atoms with Crippen LogP contribution in [0.25, 0.3) is 0 Å². The standard InChI is InChI=1S/C15H29N/c1-3-12-7-9-15(10-8-12)16-14(4-2)11-13-5-6-13/h12-16H,3-11H2,1-2H3. The normalized spacial score (nSPS) is 32.6. The molecule has 0 amide bonds. The van der Waals surface area contributed by atoms with Crippen LogP contribution in [0.4, 0.5) is 0 Å². The molecule has 0 radical (unpaired) electrons. The summed E-state index contributed by atoms with van der Waals surface area (Å²) in [5.74, 6) is 2.10. The molecule has 0 aromatic carbocycles. The highest BCUT2D eigenvalue weighted by molar-refractivity contribution is 4.84. The lowest BCUT2D eigenvalue weighted by Gasteiger charge is -2.31. The van der Waals surface area contributed by atoms with E-state index in [1.54, 1.807) is 0 Å². The van der Waals surface area contributed by atoms with E-state index < -0.39 is 0 Å². The molecule has 0 aromatic rings. The Kier molecular flexibility index (Phi) is 4.69. The van der Waals surface area contributed by atoms with Crippen LogP contribution in [0.15, 0.2) is 0 Å². The quantitative estimate of drug-likeness (QED) is 0.714. The van der Waals surface area contributed by atoms with Crippen molar-refractivity contribution < 1.29 is 0 Å². The third-order valence-corrected chi connectivity index (χ3v) is 4.70. The lowest BCUT2D eigenvalue weighted by atomic mass is 9.84. The van der Waals surface area contributed by atoms with Gasteiger partial charge in [-0.25, -0.2) is 0 Å². The van der Waals surface area contributed by atoms with E-state index in [1.807, 2.05) is 0 Å². The molecule has 0 aliphatic heterocycles. The summed E-state index contributed by atoms with van der Waals surface area (Å²) in [6.07, 6.45) is 13.0. The van der Waals surface area contributed by atoms with Gasteiger partial charge < -0.3 is 5.32 Å². The van der Waals surface area contributed by atoms with E-state index in [1.165, 1.54) is 57.8 Å². The van der Waals surface area contributed by atoms with Gasteiger partial charge in [0.05, 0.1) is 0 Å². The van der Waals surface area contributed by atoms with Crippen molar-refractivity contribution >= 4 is 0 Å². The Morgan fingerprint density at radius 2 is 1.56 bits per heavy atom. The Bertz CT molecular complexity index is 190. The van der Waals surface area contributed by atoms with Crippen LogP contribution in [0.2, 0.25) is 0 Å². The second-order valence-corrected chi connectivity index (χ2v) is 6.08. The molecule has 1 atom stereocenters. The van der Waals surface area contributed by atoms with Crippen LogP contribution in [-0.2, 0) is 0 Å². The molecule has 2 fully saturated rings. The van der Waals surface area contributed by atoms with Gasteiger partial charge in [0.2, 0.25) is 0 Å². The zero-order valence-corrected chi connectivity index (χ0v) is 11.2. The maximum absolute atomic E-state index is 3.92. The van der Waals surface area contributed by atoms with E-state index in [0.717, 1.165) is 23.9 Å². The maximum Gasteiger partial charge on any atom is 0.00698 e. The summed E-state index contributed by atoms with van der Waals surface area (Å²) < 4.78 is 0. The number of rotatable bonds is 6. The minimum absolute atomic E-state index is 0.815. The van der Waals surface area contributed by atoms with Crippen LogP contribution in [0.3, 0.4) is 0 Å². The Morgan fingerprint density at radius 3 is 2.06 bits per heavy atom. The summed E-state index contributed by atoms with van der Waals surface area (Å²) in [5, 5.41) is 3.92. The van der Waals surface area contributed by atoms with E-state index in [-0.39, 0.29) is 0 Å². The summed E-state index contributed by atoms with van der Waals surface area (Å²) in [4.78, 5) is 0. The van der Waals surface area contributed by atoms with Gasteiger partial charge in [-0.05, 0) is 50.4 Å². The lowest BCUT2D eigenvalue weighted by molar-refractivity contribution is 0.260. The molecule has 0 bridgehead atoms. The van der Waals surface area contributed by atoms with Crippen LogP contribution in [0, 0.1) is 11.8 Å². The summed E-state index contributed by atoms with van der Waals surface area (Å²) in [5.41, 5.74) is 0. The van der Waals surface area contributed by atoms with Gasteiger partial charge in [-0.15, -0.1) is 0 Å². The maximum atomic E-state index is 3.92. The molecule has 1 N–H and O–H groups in total. The molecular formula is C15H29N. The van der Waals surface area contributed by atoms with Crippen LogP contribution in [0.1, 0.15) is 71.6 Å². The van der Waals surface area contributed by atoms with Gasteiger partial charge in [-0.1, -0.05) is 33.1 Å². The summed E-state index contributed by atoms with van der Waals surface area (Å²) in [6.45, 7) is 4.69. The topological polar surface area (TPSA) is 12.0 Å². The zero-order chi connectivity index (χ0) is 11.4. The summed E-state index contributed by atoms with van der Waals surface area (Å²) >= 11 is 0. The first-order valence-electron chi connectivity index (χ1n) is 7.57. The van der Waals surface area contributed by atoms with Crippen molar-refractivity contribution in [3.63, 3.8) is 0 Å². The Labute approximate surface area is 101 Å². The first-order valence-corrected chi connectivity index (χ1v) is 7.57. The van der Waals surface area contributed by atoms with Crippen molar-refractivity contribution in [2.45, 2.75) is 83.7 Å². The predicted octanol–water partition coefficient (Wildman–Crippen LogP) is 4.12. The minimum Gasteiger partial charge on any atom is -0.311 e. The van der Waals surface area contributed by atoms with Gasteiger partial charge in [0, 0.05) is 12.1 Å². The predicted molar refractivity (Wildman–Crippen MR) is 70.6 cm³/mol. The van der Waals surface area contributed by atoms with E-state index in [4.69, 9.17) is 0 Å². The van der Waals surface area contributed by atoms with E-state index >= 15 is 0 Å². The monoisotopic (exact) mass is 223 g/mol. The Morgan fingerprint density at radius 1 is 0.938 bits per heavy atom. The molecular weight excluding hydrogens is 194 g/mol. The highest BCUT2D eigenvalue weighted by atomic mass is 14.9. The average molecular weight is 223 g/mol. The lowest BCUT2D eigenvalue weighted by Crippen LogP contribution is -2.40. The largest absolute Gasteiger partial charge is 0.311 e. The third kappa shape index (κ3) is 3.76. The fraction of sp³-hybridized carbons (Fsp3) is 1.00. The molecule has 2 aliphatic carbocycles. The molecule has 16 heavy (non-hydrogen) atoms. The molecule has 2 rings (SSSR count). The summed E-state index contributed by atoms with van der Waals surface area (Å²) in [7, 11) is 0. The molecule has 1 nitrogen and oxygen atoms in total. The average Bonchev–Trinajstić information content (AvgIpc) is 3.13. The van der Waals surface area contributed by atoms with Crippen LogP contribution < -0.4 is 5.32 Å². The van der Waals surface area contributed by atoms with Crippen molar-refractivity contribution in [2.24, 2.45) is 11.8 Å². The van der Waals surface area contributed by atoms with Crippen molar-refractivity contribution in [1.29, 1.82) is 0 Å². The molecule has 1 unspecified atom stereocenters. The van der Waals surface area contributed by atoms with Gasteiger partial charge in [-0.2, -0.15) is 0 Å². The highest BCUT2D eigenvalue weighted by Gasteiger charge is 2.27. The zero-order valence-electron chi connectivity index (χ0n) is 11.2. The fourth-order valence-electron chi connectivity index (χ4n) is 3.18. The first kappa shape index (κ1) is 12.4. The first-order chi connectivity index (χ1) is 7.81. The molecule has 2 aliphatic rings. The van der Waals surface area contributed by atoms with Crippen LogP contribution in [0.5, 0.6) is 0 Å². The highest BCUT2D eigenvalue weighted by Crippen LogP contribution is 2.34. The van der Waals surface area contributed by atoms with E-state index in [0.29, 0.717) is 0 Å². The molecule has 2 saturated carbocycles. The van der Waals surface area contributed by atoms with Gasteiger partial charge >= 0.3 is 0 Å². The number of hydrogen-bond acceptors (Lipinski definition) is 1. The van der Waals surface area contributed by atoms with Gasteiger partial charge in [0.1, 0.15) is 0 Å². The molecule has 94 valence electrons.